The Morgan fingerprint density at radius 1 is 1.00 bits per heavy atom. The maximum Gasteiger partial charge on any atom is 0.271 e. The minimum Gasteiger partial charge on any atom is -0.325 e. The second-order valence-corrected chi connectivity index (χ2v) is 8.41. The van der Waals surface area contributed by atoms with E-state index in [-0.39, 0.29) is 17.5 Å². The van der Waals surface area contributed by atoms with Crippen LogP contribution in [0.2, 0.25) is 0 Å². The van der Waals surface area contributed by atoms with Crippen LogP contribution in [0.1, 0.15) is 22.8 Å². The number of nitro groups is 1. The number of carbonyl (C=O) groups is 2. The molecule has 7 nitrogen and oxygen atoms in total. The maximum atomic E-state index is 13.0. The fourth-order valence-electron chi connectivity index (χ4n) is 2.77. The van der Waals surface area contributed by atoms with Gasteiger partial charge in [-0.25, -0.2) is 4.39 Å². The molecule has 2 N–H and O–H groups in total. The highest BCUT2D eigenvalue weighted by molar-refractivity contribution is 8.00. The van der Waals surface area contributed by atoms with Crippen LogP contribution in [0.15, 0.2) is 71.6 Å². The highest BCUT2D eigenvalue weighted by atomic mass is 32.2. The van der Waals surface area contributed by atoms with Gasteiger partial charge in [0.1, 0.15) is 5.82 Å². The first-order chi connectivity index (χ1) is 15.2. The molecule has 9 heteroatoms. The van der Waals surface area contributed by atoms with Gasteiger partial charge in [0.15, 0.2) is 0 Å². The molecule has 1 atom stereocenters. The van der Waals surface area contributed by atoms with Crippen molar-refractivity contribution in [1.82, 2.24) is 0 Å². The minimum absolute atomic E-state index is 0.0931. The van der Waals surface area contributed by atoms with Crippen molar-refractivity contribution in [3.05, 3.63) is 93.8 Å². The molecule has 0 heterocycles. The van der Waals surface area contributed by atoms with Gasteiger partial charge in [-0.1, -0.05) is 6.07 Å². The maximum absolute atomic E-state index is 13.0. The first-order valence-corrected chi connectivity index (χ1v) is 10.5. The highest BCUT2D eigenvalue weighted by Crippen LogP contribution is 2.27. The topological polar surface area (TPSA) is 101 Å². The molecule has 0 aliphatic carbocycles. The number of halogens is 1. The van der Waals surface area contributed by atoms with Gasteiger partial charge in [0, 0.05) is 28.3 Å². The quantitative estimate of drug-likeness (QED) is 0.283. The van der Waals surface area contributed by atoms with Crippen LogP contribution in [0.3, 0.4) is 0 Å². The number of anilines is 2. The molecule has 0 bridgehead atoms. The van der Waals surface area contributed by atoms with E-state index in [9.17, 15) is 24.1 Å². The summed E-state index contributed by atoms with van der Waals surface area (Å²) in [4.78, 5) is 36.0. The summed E-state index contributed by atoms with van der Waals surface area (Å²) in [6.07, 6.45) is 0. The van der Waals surface area contributed by atoms with Gasteiger partial charge in [-0.2, -0.15) is 0 Å². The number of thioether (sulfide) groups is 1. The number of hydrogen-bond donors (Lipinski definition) is 2. The van der Waals surface area contributed by atoms with E-state index >= 15 is 0 Å². The number of amides is 2. The summed E-state index contributed by atoms with van der Waals surface area (Å²) in [6, 6.07) is 16.5. The Balaban J connectivity index is 1.59. The Morgan fingerprint density at radius 3 is 2.28 bits per heavy atom. The molecule has 0 fully saturated rings. The molecule has 32 heavy (non-hydrogen) atoms. The molecule has 3 aromatic rings. The smallest absolute Gasteiger partial charge is 0.271 e. The lowest BCUT2D eigenvalue weighted by molar-refractivity contribution is -0.384. The van der Waals surface area contributed by atoms with E-state index in [4.69, 9.17) is 0 Å². The van der Waals surface area contributed by atoms with Gasteiger partial charge in [-0.05, 0) is 67.9 Å². The largest absolute Gasteiger partial charge is 0.325 e. The zero-order chi connectivity index (χ0) is 23.3. The predicted octanol–water partition coefficient (Wildman–Crippen LogP) is 5.41. The Bertz CT molecular complexity index is 1150. The van der Waals surface area contributed by atoms with Crippen molar-refractivity contribution in [3.63, 3.8) is 0 Å². The van der Waals surface area contributed by atoms with Gasteiger partial charge in [0.25, 0.3) is 11.6 Å². The van der Waals surface area contributed by atoms with Gasteiger partial charge in [0.05, 0.1) is 15.9 Å². The van der Waals surface area contributed by atoms with Crippen molar-refractivity contribution in [1.29, 1.82) is 0 Å². The first-order valence-electron chi connectivity index (χ1n) is 9.62. The number of nitrogens with zero attached hydrogens (tertiary/aromatic N) is 1. The monoisotopic (exact) mass is 453 g/mol. The van der Waals surface area contributed by atoms with Crippen LogP contribution >= 0.6 is 11.8 Å². The van der Waals surface area contributed by atoms with E-state index in [1.807, 2.05) is 0 Å². The summed E-state index contributed by atoms with van der Waals surface area (Å²) < 4.78 is 13.0. The van der Waals surface area contributed by atoms with Gasteiger partial charge < -0.3 is 10.6 Å². The molecule has 164 valence electrons. The number of hydrogen-bond acceptors (Lipinski definition) is 5. The third kappa shape index (κ3) is 5.92. The molecule has 2 amide bonds. The molecule has 0 aliphatic rings. The number of non-ortho nitro benzene ring substituents is 1. The highest BCUT2D eigenvalue weighted by Gasteiger charge is 2.17. The summed E-state index contributed by atoms with van der Waals surface area (Å²) in [5, 5.41) is 16.0. The van der Waals surface area contributed by atoms with E-state index in [0.29, 0.717) is 16.9 Å². The fraction of sp³-hybridized carbons (Fsp3) is 0.130. The van der Waals surface area contributed by atoms with Crippen molar-refractivity contribution < 1.29 is 18.9 Å². The number of carbonyl (C=O) groups excluding carboxylic acids is 2. The zero-order valence-corrected chi connectivity index (χ0v) is 18.1. The van der Waals surface area contributed by atoms with Crippen molar-refractivity contribution in [2.75, 3.05) is 10.6 Å². The Morgan fingerprint density at radius 2 is 1.66 bits per heavy atom. The second-order valence-electron chi connectivity index (χ2n) is 6.99. The van der Waals surface area contributed by atoms with Gasteiger partial charge in [0.2, 0.25) is 5.91 Å². The third-order valence-electron chi connectivity index (χ3n) is 4.59. The van der Waals surface area contributed by atoms with E-state index in [1.54, 1.807) is 44.2 Å². The SMILES string of the molecule is Cc1ccc([N+](=O)[O-])cc1NC(=O)C(C)Sc1ccc(NC(=O)c2ccc(F)cc2)cc1. The normalized spacial score (nSPS) is 11.5. The summed E-state index contributed by atoms with van der Waals surface area (Å²) >= 11 is 1.31. The molecule has 0 saturated carbocycles. The molecule has 1 unspecified atom stereocenters. The molecular weight excluding hydrogens is 433 g/mol. The fourth-order valence-corrected chi connectivity index (χ4v) is 3.64. The van der Waals surface area contributed by atoms with Crippen LogP contribution in [-0.4, -0.2) is 22.0 Å². The summed E-state index contributed by atoms with van der Waals surface area (Å²) in [5.41, 5.74) is 1.93. The molecule has 0 radical (unpaired) electrons. The molecule has 0 saturated heterocycles. The van der Waals surface area contributed by atoms with Crippen LogP contribution < -0.4 is 10.6 Å². The zero-order valence-electron chi connectivity index (χ0n) is 17.3. The average Bonchev–Trinajstić information content (AvgIpc) is 2.76. The summed E-state index contributed by atoms with van der Waals surface area (Å²) in [6.45, 7) is 3.49. The van der Waals surface area contributed by atoms with Crippen LogP contribution in [0, 0.1) is 22.9 Å². The molecule has 0 spiro atoms. The van der Waals surface area contributed by atoms with Crippen LogP contribution in [0.4, 0.5) is 21.5 Å². The van der Waals surface area contributed by atoms with Crippen molar-refractivity contribution >= 4 is 40.6 Å². The first kappa shape index (κ1) is 23.0. The van der Waals surface area contributed by atoms with Crippen molar-refractivity contribution in [2.45, 2.75) is 24.0 Å². The lowest BCUT2D eigenvalue weighted by Crippen LogP contribution is -2.22. The minimum atomic E-state index is -0.510. The van der Waals surface area contributed by atoms with E-state index < -0.39 is 16.0 Å². The third-order valence-corrected chi connectivity index (χ3v) is 5.70. The van der Waals surface area contributed by atoms with E-state index in [0.717, 1.165) is 10.5 Å². The Hall–Kier alpha value is -3.72. The number of nitrogens with one attached hydrogen (secondary N) is 2. The number of rotatable bonds is 7. The Labute approximate surface area is 188 Å². The standard InChI is InChI=1S/C23H20FN3O4S/c1-14-3-10-19(27(30)31)13-21(14)26-22(28)15(2)32-20-11-8-18(9-12-20)25-23(29)16-4-6-17(24)7-5-16/h3-13,15H,1-2H3,(H,25,29)(H,26,28). The molecule has 0 aliphatic heterocycles. The van der Waals surface area contributed by atoms with Gasteiger partial charge in [-0.15, -0.1) is 11.8 Å². The number of benzene rings is 3. The lowest BCUT2D eigenvalue weighted by atomic mass is 10.2. The van der Waals surface area contributed by atoms with Gasteiger partial charge >= 0.3 is 0 Å². The Kier molecular flexibility index (Phi) is 7.21. The molecule has 3 aromatic carbocycles. The summed E-state index contributed by atoms with van der Waals surface area (Å²) in [5.74, 6) is -1.06. The van der Waals surface area contributed by atoms with Crippen molar-refractivity contribution in [3.8, 4) is 0 Å². The van der Waals surface area contributed by atoms with E-state index in [1.165, 1.54) is 48.2 Å². The van der Waals surface area contributed by atoms with Crippen LogP contribution in [0.5, 0.6) is 0 Å². The van der Waals surface area contributed by atoms with Gasteiger partial charge in [-0.3, -0.25) is 19.7 Å². The van der Waals surface area contributed by atoms with E-state index in [2.05, 4.69) is 10.6 Å². The molecular formula is C23H20FN3O4S. The number of aryl methyl sites for hydroxylation is 1. The molecule has 3 rings (SSSR count). The molecule has 0 aromatic heterocycles. The van der Waals surface area contributed by atoms with Crippen LogP contribution in [-0.2, 0) is 4.79 Å². The van der Waals surface area contributed by atoms with Crippen molar-refractivity contribution in [2.24, 2.45) is 0 Å². The predicted molar refractivity (Wildman–Crippen MR) is 123 cm³/mol. The number of nitro benzene ring substituents is 1. The lowest BCUT2D eigenvalue weighted by Gasteiger charge is -2.14. The second kappa shape index (κ2) is 10.1. The summed E-state index contributed by atoms with van der Waals surface area (Å²) in [7, 11) is 0. The van der Waals surface area contributed by atoms with Crippen LogP contribution in [0.25, 0.3) is 0 Å². The average molecular weight is 453 g/mol.